The second-order valence-corrected chi connectivity index (χ2v) is 4.62. The first-order valence-electron chi connectivity index (χ1n) is 5.56. The van der Waals surface area contributed by atoms with Crippen LogP contribution in [0.1, 0.15) is 23.0 Å². The molecule has 1 aromatic carbocycles. The third-order valence-electron chi connectivity index (χ3n) is 2.43. The number of nitrogens with zero attached hydrogens (tertiary/aromatic N) is 1. The normalized spacial score (nSPS) is 12.5. The molecule has 0 saturated heterocycles. The first-order chi connectivity index (χ1) is 8.36. The Bertz CT molecular complexity index is 416. The number of aliphatic hydroxyl groups excluding tert-OH is 1. The molecule has 2 rings (SSSR count). The maximum Gasteiger partial charge on any atom is 0.0919 e. The molecular weight excluding hydrogens is 234 g/mol. The van der Waals surface area contributed by atoms with Gasteiger partial charge in [0.05, 0.1) is 17.6 Å². The molecule has 0 bridgehead atoms. The molecule has 1 heterocycles. The molecule has 0 aliphatic carbocycles. The highest BCUT2D eigenvalue weighted by molar-refractivity contribution is 7.05. The first kappa shape index (κ1) is 12.2. The average Bonchev–Trinajstić information content (AvgIpc) is 2.89. The van der Waals surface area contributed by atoms with Crippen molar-refractivity contribution in [1.29, 1.82) is 0 Å². The lowest BCUT2D eigenvalue weighted by Gasteiger charge is -2.08. The third kappa shape index (κ3) is 3.93. The van der Waals surface area contributed by atoms with Crippen molar-refractivity contribution in [1.82, 2.24) is 4.37 Å². The Morgan fingerprint density at radius 1 is 1.24 bits per heavy atom. The highest BCUT2D eigenvalue weighted by Gasteiger charge is 2.08. The van der Waals surface area contributed by atoms with Gasteiger partial charge in [-0.2, -0.15) is 0 Å². The largest absolute Gasteiger partial charge is 0.387 e. The van der Waals surface area contributed by atoms with Gasteiger partial charge in [-0.05, 0) is 23.2 Å². The van der Waals surface area contributed by atoms with E-state index in [2.05, 4.69) is 4.37 Å². The van der Waals surface area contributed by atoms with Gasteiger partial charge in [-0.3, -0.25) is 0 Å². The Kier molecular flexibility index (Phi) is 4.67. The standard InChI is InChI=1S/C13H15NO2S/c15-12(13-6-8-14-17-13)7-9-16-10-11-4-2-1-3-5-11/h1-6,8,12,15H,7,9-10H2. The molecule has 3 nitrogen and oxygen atoms in total. The molecule has 2 aromatic rings. The first-order valence-corrected chi connectivity index (χ1v) is 6.34. The number of aromatic nitrogens is 1. The number of aliphatic hydroxyl groups is 1. The smallest absolute Gasteiger partial charge is 0.0919 e. The Morgan fingerprint density at radius 2 is 2.06 bits per heavy atom. The van der Waals surface area contributed by atoms with Gasteiger partial charge in [0, 0.05) is 19.2 Å². The van der Waals surface area contributed by atoms with Crippen molar-refractivity contribution in [3.63, 3.8) is 0 Å². The predicted octanol–water partition coefficient (Wildman–Crippen LogP) is 2.78. The minimum absolute atomic E-state index is 0.460. The van der Waals surface area contributed by atoms with Crippen molar-refractivity contribution in [2.24, 2.45) is 0 Å². The lowest BCUT2D eigenvalue weighted by Crippen LogP contribution is -2.02. The monoisotopic (exact) mass is 249 g/mol. The number of hydrogen-bond acceptors (Lipinski definition) is 4. The highest BCUT2D eigenvalue weighted by atomic mass is 32.1. The molecule has 0 amide bonds. The second kappa shape index (κ2) is 6.49. The molecule has 1 N–H and O–H groups in total. The molecule has 0 radical (unpaired) electrons. The average molecular weight is 249 g/mol. The fraction of sp³-hybridized carbons (Fsp3) is 0.308. The van der Waals surface area contributed by atoms with E-state index < -0.39 is 6.10 Å². The van der Waals surface area contributed by atoms with Crippen LogP contribution in [0.3, 0.4) is 0 Å². The Labute approximate surface area is 105 Å². The van der Waals surface area contributed by atoms with E-state index in [4.69, 9.17) is 4.74 Å². The molecule has 0 aliphatic heterocycles. The topological polar surface area (TPSA) is 42.4 Å². The van der Waals surface area contributed by atoms with E-state index >= 15 is 0 Å². The summed E-state index contributed by atoms with van der Waals surface area (Å²) in [6.07, 6.45) is 1.85. The van der Waals surface area contributed by atoms with E-state index in [1.807, 2.05) is 36.4 Å². The van der Waals surface area contributed by atoms with Crippen molar-refractivity contribution in [2.75, 3.05) is 6.61 Å². The number of rotatable bonds is 6. The summed E-state index contributed by atoms with van der Waals surface area (Å²) in [5.74, 6) is 0. The summed E-state index contributed by atoms with van der Waals surface area (Å²) in [5, 5.41) is 9.80. The summed E-state index contributed by atoms with van der Waals surface area (Å²) in [5.41, 5.74) is 1.15. The van der Waals surface area contributed by atoms with Crippen LogP contribution in [-0.4, -0.2) is 16.1 Å². The fourth-order valence-electron chi connectivity index (χ4n) is 1.50. The predicted molar refractivity (Wildman–Crippen MR) is 67.8 cm³/mol. The van der Waals surface area contributed by atoms with Crippen LogP contribution in [0.2, 0.25) is 0 Å². The SMILES string of the molecule is OC(CCOCc1ccccc1)c1ccns1. The van der Waals surface area contributed by atoms with E-state index in [0.29, 0.717) is 19.6 Å². The van der Waals surface area contributed by atoms with Crippen LogP contribution < -0.4 is 0 Å². The fourth-order valence-corrected chi connectivity index (χ4v) is 2.10. The quantitative estimate of drug-likeness (QED) is 0.800. The highest BCUT2D eigenvalue weighted by Crippen LogP contribution is 2.19. The zero-order valence-corrected chi connectivity index (χ0v) is 10.3. The van der Waals surface area contributed by atoms with Crippen LogP contribution in [0.4, 0.5) is 0 Å². The Balaban J connectivity index is 1.67. The van der Waals surface area contributed by atoms with Crippen LogP contribution >= 0.6 is 11.5 Å². The second-order valence-electron chi connectivity index (χ2n) is 3.76. The number of benzene rings is 1. The van der Waals surface area contributed by atoms with E-state index in [9.17, 15) is 5.11 Å². The molecule has 0 saturated carbocycles. The van der Waals surface area contributed by atoms with E-state index in [1.54, 1.807) is 6.20 Å². The van der Waals surface area contributed by atoms with Crippen molar-refractivity contribution < 1.29 is 9.84 Å². The lowest BCUT2D eigenvalue weighted by atomic mass is 10.2. The van der Waals surface area contributed by atoms with Crippen LogP contribution in [0.5, 0.6) is 0 Å². The van der Waals surface area contributed by atoms with Gasteiger partial charge in [0.1, 0.15) is 0 Å². The van der Waals surface area contributed by atoms with Gasteiger partial charge in [0.15, 0.2) is 0 Å². The molecule has 0 spiro atoms. The molecule has 1 unspecified atom stereocenters. The molecule has 4 heteroatoms. The van der Waals surface area contributed by atoms with E-state index in [-0.39, 0.29) is 0 Å². The summed E-state index contributed by atoms with van der Waals surface area (Å²) in [4.78, 5) is 0.897. The van der Waals surface area contributed by atoms with E-state index in [0.717, 1.165) is 10.4 Å². The Morgan fingerprint density at radius 3 is 2.76 bits per heavy atom. The lowest BCUT2D eigenvalue weighted by molar-refractivity contribution is 0.0746. The number of ether oxygens (including phenoxy) is 1. The molecule has 1 atom stereocenters. The molecule has 0 aliphatic rings. The maximum atomic E-state index is 9.80. The summed E-state index contributed by atoms with van der Waals surface area (Å²) >= 11 is 1.33. The van der Waals surface area contributed by atoms with Crippen LogP contribution in [0, 0.1) is 0 Å². The van der Waals surface area contributed by atoms with Gasteiger partial charge in [-0.1, -0.05) is 30.3 Å². The number of hydrogen-bond donors (Lipinski definition) is 1. The summed E-state index contributed by atoms with van der Waals surface area (Å²) in [7, 11) is 0. The van der Waals surface area contributed by atoms with Gasteiger partial charge in [0.25, 0.3) is 0 Å². The molecule has 0 fully saturated rings. The van der Waals surface area contributed by atoms with Gasteiger partial charge in [-0.25, -0.2) is 4.37 Å². The van der Waals surface area contributed by atoms with Crippen molar-refractivity contribution >= 4 is 11.5 Å². The van der Waals surface area contributed by atoms with Gasteiger partial charge in [-0.15, -0.1) is 0 Å². The third-order valence-corrected chi connectivity index (χ3v) is 3.28. The summed E-state index contributed by atoms with van der Waals surface area (Å²) in [6, 6.07) is 11.9. The van der Waals surface area contributed by atoms with Gasteiger partial charge < -0.3 is 9.84 Å². The molecule has 90 valence electrons. The Hall–Kier alpha value is -1.23. The van der Waals surface area contributed by atoms with Crippen LogP contribution in [-0.2, 0) is 11.3 Å². The minimum atomic E-state index is -0.460. The van der Waals surface area contributed by atoms with Gasteiger partial charge in [0.2, 0.25) is 0 Å². The van der Waals surface area contributed by atoms with Crippen molar-refractivity contribution in [3.8, 4) is 0 Å². The zero-order chi connectivity index (χ0) is 11.9. The summed E-state index contributed by atoms with van der Waals surface area (Å²) in [6.45, 7) is 1.14. The molecule has 17 heavy (non-hydrogen) atoms. The molecule has 1 aromatic heterocycles. The van der Waals surface area contributed by atoms with Crippen LogP contribution in [0.15, 0.2) is 42.6 Å². The molecular formula is C13H15NO2S. The maximum absolute atomic E-state index is 9.80. The van der Waals surface area contributed by atoms with Crippen LogP contribution in [0.25, 0.3) is 0 Å². The van der Waals surface area contributed by atoms with Gasteiger partial charge >= 0.3 is 0 Å². The zero-order valence-electron chi connectivity index (χ0n) is 9.45. The summed E-state index contributed by atoms with van der Waals surface area (Å²) < 4.78 is 9.47. The van der Waals surface area contributed by atoms with Crippen molar-refractivity contribution in [3.05, 3.63) is 53.0 Å². The van der Waals surface area contributed by atoms with E-state index in [1.165, 1.54) is 11.5 Å². The minimum Gasteiger partial charge on any atom is -0.387 e. The van der Waals surface area contributed by atoms with Crippen molar-refractivity contribution in [2.45, 2.75) is 19.1 Å².